The number of nitrogens with one attached hydrogen (secondary N) is 3. The second-order valence-electron chi connectivity index (χ2n) is 6.13. The van der Waals surface area contributed by atoms with Gasteiger partial charge in [-0.05, 0) is 24.6 Å². The highest BCUT2D eigenvalue weighted by Crippen LogP contribution is 2.25. The molecule has 0 radical (unpaired) electrons. The van der Waals surface area contributed by atoms with Crippen LogP contribution in [0.4, 0.5) is 22.1 Å². The first-order valence-corrected chi connectivity index (χ1v) is 8.30. The third kappa shape index (κ3) is 3.04. The quantitative estimate of drug-likeness (QED) is 0.615. The second-order valence-corrected chi connectivity index (χ2v) is 6.13. The minimum absolute atomic E-state index is 0.158. The summed E-state index contributed by atoms with van der Waals surface area (Å²) in [5.74, 6) is 1.22. The first-order valence-electron chi connectivity index (χ1n) is 8.30. The molecule has 3 N–H and O–H groups in total. The van der Waals surface area contributed by atoms with E-state index in [1.807, 2.05) is 25.1 Å². The Morgan fingerprint density at radius 2 is 2.19 bits per heavy atom. The number of ether oxygens (including phenoxy) is 1. The number of carbonyl (C=O) groups excluding carboxylic acids is 1. The summed E-state index contributed by atoms with van der Waals surface area (Å²) >= 11 is 0. The van der Waals surface area contributed by atoms with E-state index in [2.05, 4.69) is 30.9 Å². The van der Waals surface area contributed by atoms with Crippen LogP contribution in [0.25, 0.3) is 11.2 Å². The maximum Gasteiger partial charge on any atom is 0.328 e. The van der Waals surface area contributed by atoms with Crippen molar-refractivity contribution in [1.82, 2.24) is 24.8 Å². The average molecular weight is 353 g/mol. The van der Waals surface area contributed by atoms with E-state index in [1.54, 1.807) is 13.2 Å². The van der Waals surface area contributed by atoms with E-state index in [4.69, 9.17) is 4.74 Å². The third-order valence-corrected chi connectivity index (χ3v) is 4.08. The Kier molecular flexibility index (Phi) is 4.13. The number of anilines is 3. The van der Waals surface area contributed by atoms with Crippen LogP contribution in [0.1, 0.15) is 12.5 Å². The predicted octanol–water partition coefficient (Wildman–Crippen LogP) is 2.09. The number of hydrogen-bond donors (Lipinski definition) is 3. The molecule has 0 saturated heterocycles. The number of imidazole rings is 1. The van der Waals surface area contributed by atoms with Gasteiger partial charge in [-0.3, -0.25) is 0 Å². The summed E-state index contributed by atoms with van der Waals surface area (Å²) in [5, 5.41) is 9.17. The van der Waals surface area contributed by atoms with Crippen molar-refractivity contribution in [3.05, 3.63) is 36.3 Å². The fourth-order valence-corrected chi connectivity index (χ4v) is 2.83. The van der Waals surface area contributed by atoms with Gasteiger partial charge >= 0.3 is 6.03 Å². The van der Waals surface area contributed by atoms with Crippen LogP contribution in [-0.4, -0.2) is 45.2 Å². The van der Waals surface area contributed by atoms with Crippen LogP contribution >= 0.6 is 0 Å². The normalized spacial score (nSPS) is 17.5. The molecule has 4 heterocycles. The Morgan fingerprint density at radius 1 is 1.31 bits per heavy atom. The standard InChI is InChI=1S/C17H19N7O2/c1-10-7-26-8-11-3-4-19-13(5-11)22-14-6-12(18-2)15-16(23-14)24(9-20-15)17(25)21-10/h3-6,9-10H,7-8H2,1-2H3,(H,21,25)(H2,18,19,22,23)/t10-/m1/s1. The smallest absolute Gasteiger partial charge is 0.328 e. The van der Waals surface area contributed by atoms with Crippen LogP contribution in [-0.2, 0) is 11.3 Å². The summed E-state index contributed by atoms with van der Waals surface area (Å²) in [6.45, 7) is 2.71. The van der Waals surface area contributed by atoms with Crippen molar-refractivity contribution >= 4 is 34.5 Å². The molecule has 0 aliphatic carbocycles. The number of carbonyl (C=O) groups is 1. The number of rotatable bonds is 1. The maximum absolute atomic E-state index is 12.6. The van der Waals surface area contributed by atoms with Crippen molar-refractivity contribution in [1.29, 1.82) is 0 Å². The van der Waals surface area contributed by atoms with Gasteiger partial charge in [0.1, 0.15) is 23.5 Å². The summed E-state index contributed by atoms with van der Waals surface area (Å²) < 4.78 is 7.10. The Hall–Kier alpha value is -3.20. The third-order valence-electron chi connectivity index (χ3n) is 4.08. The zero-order valence-corrected chi connectivity index (χ0v) is 14.5. The molecular weight excluding hydrogens is 334 g/mol. The fourth-order valence-electron chi connectivity index (χ4n) is 2.83. The van der Waals surface area contributed by atoms with Crippen LogP contribution in [0.3, 0.4) is 0 Å². The summed E-state index contributed by atoms with van der Waals surface area (Å²) in [4.78, 5) is 25.8. The van der Waals surface area contributed by atoms with E-state index in [-0.39, 0.29) is 12.1 Å². The number of nitrogens with zero attached hydrogens (tertiary/aromatic N) is 4. The van der Waals surface area contributed by atoms with E-state index in [9.17, 15) is 4.79 Å². The van der Waals surface area contributed by atoms with Crippen LogP contribution in [0.2, 0.25) is 0 Å². The molecule has 1 amide bonds. The zero-order valence-electron chi connectivity index (χ0n) is 14.5. The number of hydrogen-bond acceptors (Lipinski definition) is 7. The summed E-state index contributed by atoms with van der Waals surface area (Å²) in [5.41, 5.74) is 2.82. The van der Waals surface area contributed by atoms with E-state index in [0.717, 1.165) is 11.3 Å². The molecule has 0 saturated carbocycles. The maximum atomic E-state index is 12.6. The molecule has 9 nitrogen and oxygen atoms in total. The topological polar surface area (TPSA) is 106 Å². The summed E-state index contributed by atoms with van der Waals surface area (Å²) in [7, 11) is 1.80. The van der Waals surface area contributed by atoms with E-state index in [1.165, 1.54) is 10.9 Å². The Labute approximate surface area is 149 Å². The zero-order chi connectivity index (χ0) is 18.1. The minimum atomic E-state index is -0.302. The number of amides is 1. The van der Waals surface area contributed by atoms with Crippen LogP contribution in [0, 0.1) is 0 Å². The van der Waals surface area contributed by atoms with Gasteiger partial charge in [-0.2, -0.15) is 0 Å². The monoisotopic (exact) mass is 353 g/mol. The first kappa shape index (κ1) is 16.3. The molecule has 3 aromatic rings. The van der Waals surface area contributed by atoms with Crippen LogP contribution in [0.15, 0.2) is 30.7 Å². The van der Waals surface area contributed by atoms with Crippen molar-refractivity contribution in [3.63, 3.8) is 0 Å². The fraction of sp³-hybridized carbons (Fsp3) is 0.294. The van der Waals surface area contributed by atoms with Crippen molar-refractivity contribution in [2.45, 2.75) is 19.6 Å². The Bertz CT molecular complexity index is 969. The number of fused-ring (bicyclic) bond motifs is 3. The van der Waals surface area contributed by atoms with E-state index >= 15 is 0 Å². The molecule has 4 bridgehead atoms. The van der Waals surface area contributed by atoms with Crippen LogP contribution in [0.5, 0.6) is 0 Å². The largest absolute Gasteiger partial charge is 0.386 e. The van der Waals surface area contributed by atoms with Gasteiger partial charge in [-0.15, -0.1) is 0 Å². The highest BCUT2D eigenvalue weighted by atomic mass is 16.5. The van der Waals surface area contributed by atoms with E-state index in [0.29, 0.717) is 36.0 Å². The van der Waals surface area contributed by atoms with Crippen molar-refractivity contribution in [2.75, 3.05) is 24.3 Å². The van der Waals surface area contributed by atoms with Crippen molar-refractivity contribution in [3.8, 4) is 0 Å². The molecule has 1 aliphatic heterocycles. The van der Waals surface area contributed by atoms with Crippen molar-refractivity contribution < 1.29 is 9.53 Å². The number of aromatic nitrogens is 4. The lowest BCUT2D eigenvalue weighted by atomic mass is 10.2. The molecule has 26 heavy (non-hydrogen) atoms. The molecule has 0 aromatic carbocycles. The average Bonchev–Trinajstić information content (AvgIpc) is 3.04. The predicted molar refractivity (Wildman–Crippen MR) is 97.6 cm³/mol. The van der Waals surface area contributed by atoms with Gasteiger partial charge in [0.2, 0.25) is 0 Å². The molecule has 134 valence electrons. The highest BCUT2D eigenvalue weighted by molar-refractivity contribution is 5.94. The molecule has 0 spiro atoms. The van der Waals surface area contributed by atoms with Gasteiger partial charge in [-0.25, -0.2) is 24.3 Å². The second kappa shape index (κ2) is 6.60. The van der Waals surface area contributed by atoms with Crippen molar-refractivity contribution in [2.24, 2.45) is 0 Å². The molecule has 0 unspecified atom stereocenters. The lowest BCUT2D eigenvalue weighted by Gasteiger charge is -2.16. The highest BCUT2D eigenvalue weighted by Gasteiger charge is 2.17. The number of pyridine rings is 2. The molecule has 1 atom stereocenters. The summed E-state index contributed by atoms with van der Waals surface area (Å²) in [6.07, 6.45) is 3.19. The lowest BCUT2D eigenvalue weighted by molar-refractivity contribution is 0.104. The van der Waals surface area contributed by atoms with Gasteiger partial charge in [0.25, 0.3) is 0 Å². The lowest BCUT2D eigenvalue weighted by Crippen LogP contribution is -2.38. The molecule has 4 rings (SSSR count). The van der Waals surface area contributed by atoms with E-state index < -0.39 is 0 Å². The molecule has 1 aliphatic rings. The Balaban J connectivity index is 1.85. The van der Waals surface area contributed by atoms with Crippen LogP contribution < -0.4 is 16.0 Å². The van der Waals surface area contributed by atoms with Gasteiger partial charge in [-0.1, -0.05) is 0 Å². The SMILES string of the molecule is CNc1cc2nc3c1ncn3C(=O)N[C@H](C)COCc1ccnc(c1)N2. The van der Waals surface area contributed by atoms with Gasteiger partial charge < -0.3 is 20.7 Å². The summed E-state index contributed by atoms with van der Waals surface area (Å²) in [6, 6.07) is 5.18. The molecule has 0 fully saturated rings. The van der Waals surface area contributed by atoms with Gasteiger partial charge in [0, 0.05) is 19.3 Å². The first-order chi connectivity index (χ1) is 12.6. The minimum Gasteiger partial charge on any atom is -0.386 e. The van der Waals surface area contributed by atoms with Gasteiger partial charge in [0.15, 0.2) is 5.65 Å². The molecule has 9 heteroatoms. The molecule has 3 aromatic heterocycles. The van der Waals surface area contributed by atoms with Gasteiger partial charge in [0.05, 0.1) is 24.9 Å². The molecular formula is C17H19N7O2. The Morgan fingerprint density at radius 3 is 3.04 bits per heavy atom.